The predicted molar refractivity (Wildman–Crippen MR) is 334 cm³/mol. The molecule has 2 aliphatic heterocycles. The van der Waals surface area contributed by atoms with Crippen molar-refractivity contribution in [3.8, 4) is 17.2 Å². The van der Waals surface area contributed by atoms with Crippen molar-refractivity contribution >= 4 is 57.3 Å². The fourth-order valence-electron chi connectivity index (χ4n) is 12.2. The molecule has 3 aliphatic rings. The number of aromatic nitrogens is 2. The van der Waals surface area contributed by atoms with Crippen molar-refractivity contribution < 1.29 is 75.1 Å². The Morgan fingerprint density at radius 3 is 2.16 bits per heavy atom. The Balaban J connectivity index is 0.912. The molecule has 2 aromatic carbocycles. The van der Waals surface area contributed by atoms with Crippen LogP contribution in [0.15, 0.2) is 74.3 Å². The number of carbonyl (C=O) groups is 6. The third-order valence-corrected chi connectivity index (χ3v) is 18.0. The molecular weight excluding hydrogens is 1180 g/mol. The number of nitrogens with two attached hydrogens (primary N) is 1. The Labute approximate surface area is 528 Å². The van der Waals surface area contributed by atoms with Crippen LogP contribution in [0.2, 0.25) is 0 Å². The van der Waals surface area contributed by atoms with E-state index in [0.717, 1.165) is 24.7 Å². The molecule has 2 saturated heterocycles. The van der Waals surface area contributed by atoms with Crippen LogP contribution < -0.4 is 21.2 Å². The number of hydrogen-bond donors (Lipinski definition) is 4. The maximum atomic E-state index is 14.8. The number of hydrazone groups is 1. The molecule has 11 atom stereocenters. The number of aliphatic imine (C=N–C) groups is 1. The van der Waals surface area contributed by atoms with Crippen LogP contribution in [-0.4, -0.2) is 221 Å². The Kier molecular flexibility index (Phi) is 28.6. The largest absolute Gasteiger partial charge is 0.491 e. The summed E-state index contributed by atoms with van der Waals surface area (Å²) in [5, 5.41) is 26.5. The number of rotatable bonds is 39. The summed E-state index contributed by atoms with van der Waals surface area (Å²) in [4.78, 5) is 93.2. The van der Waals surface area contributed by atoms with Crippen molar-refractivity contribution in [2.24, 2.45) is 39.6 Å². The highest BCUT2D eigenvalue weighted by atomic mass is 32.2. The van der Waals surface area contributed by atoms with E-state index >= 15 is 0 Å². The van der Waals surface area contributed by atoms with Crippen LogP contribution in [-0.2, 0) is 68.7 Å². The molecule has 3 heterocycles. The van der Waals surface area contributed by atoms with Gasteiger partial charge in [0, 0.05) is 64.7 Å². The molecule has 0 unspecified atom stereocenters. The second-order valence-corrected chi connectivity index (χ2v) is 25.6. The Hall–Kier alpha value is -6.91. The van der Waals surface area contributed by atoms with Crippen LogP contribution in [0.5, 0.6) is 5.75 Å². The molecule has 27 heteroatoms. The number of carbonyl (C=O) groups excluding carboxylic acids is 5. The molecule has 0 spiro atoms. The molecule has 90 heavy (non-hydrogen) atoms. The van der Waals surface area contributed by atoms with E-state index in [0.29, 0.717) is 115 Å². The highest BCUT2D eigenvalue weighted by molar-refractivity contribution is 7.90. The van der Waals surface area contributed by atoms with E-state index in [2.05, 4.69) is 30.9 Å². The number of methoxy groups -OCH3 is 2. The Morgan fingerprint density at radius 1 is 0.867 bits per heavy atom. The summed E-state index contributed by atoms with van der Waals surface area (Å²) >= 11 is 0. The number of likely N-dealkylation sites (N-methyl/N-ethyl adjacent to an activating group) is 1. The topological polar surface area (TPSA) is 336 Å². The lowest BCUT2D eigenvalue weighted by Crippen LogP contribution is -2.60. The minimum Gasteiger partial charge on any atom is -0.491 e. The van der Waals surface area contributed by atoms with Crippen molar-refractivity contribution in [1.29, 1.82) is 0 Å². The van der Waals surface area contributed by atoms with Crippen molar-refractivity contribution in [2.75, 3.05) is 86.9 Å². The van der Waals surface area contributed by atoms with E-state index in [4.69, 9.17) is 38.7 Å². The number of likely N-dealkylation sites (tertiary alicyclic amines) is 2. The molecular formula is C63H94N10O16S. The monoisotopic (exact) mass is 1280 g/mol. The number of hydrogen-bond acceptors (Lipinski definition) is 20. The number of benzene rings is 2. The highest BCUT2D eigenvalue weighted by Crippen LogP contribution is 2.43. The molecule has 5 N–H and O–H groups in total. The molecule has 1 saturated carbocycles. The average molecular weight is 1280 g/mol. The van der Waals surface area contributed by atoms with Gasteiger partial charge < -0.3 is 69.1 Å². The van der Waals surface area contributed by atoms with Gasteiger partial charge in [0.25, 0.3) is 0 Å². The maximum Gasteiger partial charge on any atom is 0.335 e. The van der Waals surface area contributed by atoms with Gasteiger partial charge in [-0.2, -0.15) is 5.10 Å². The van der Waals surface area contributed by atoms with Crippen LogP contribution >= 0.6 is 0 Å². The van der Waals surface area contributed by atoms with Crippen LogP contribution in [0.3, 0.4) is 0 Å². The lowest BCUT2D eigenvalue weighted by Gasteiger charge is -2.41. The minimum atomic E-state index is -3.60. The second kappa shape index (κ2) is 35.6. The van der Waals surface area contributed by atoms with Gasteiger partial charge in [0.15, 0.2) is 0 Å². The van der Waals surface area contributed by atoms with Gasteiger partial charge in [-0.15, -0.1) is 5.10 Å². The van der Waals surface area contributed by atoms with E-state index in [1.807, 2.05) is 33.8 Å². The van der Waals surface area contributed by atoms with Gasteiger partial charge in [0.05, 0.1) is 88.5 Å². The second-order valence-electron chi connectivity index (χ2n) is 23.7. The number of sulfone groups is 1. The summed E-state index contributed by atoms with van der Waals surface area (Å²) in [5.74, 6) is 2.26. The maximum absolute atomic E-state index is 14.8. The number of carboxylic acid groups (broad SMARTS) is 1. The van der Waals surface area contributed by atoms with Crippen molar-refractivity contribution in [3.63, 3.8) is 0 Å². The van der Waals surface area contributed by atoms with E-state index < -0.39 is 75.3 Å². The third-order valence-electron chi connectivity index (χ3n) is 17.2. The number of nitrogens with one attached hydrogen (secondary N) is 2. The number of ether oxygens (including phenoxy) is 6. The van der Waals surface area contributed by atoms with E-state index in [-0.39, 0.29) is 72.6 Å². The summed E-state index contributed by atoms with van der Waals surface area (Å²) in [5.41, 5.74) is 1.82. The zero-order chi connectivity index (χ0) is 65.5. The van der Waals surface area contributed by atoms with E-state index in [1.54, 1.807) is 83.4 Å². The van der Waals surface area contributed by atoms with Gasteiger partial charge in [-0.1, -0.05) is 76.5 Å². The third kappa shape index (κ3) is 20.3. The number of fused-ring (bicyclic) bond motifs is 2. The minimum absolute atomic E-state index is 0.0525. The van der Waals surface area contributed by atoms with Crippen LogP contribution in [0.4, 0.5) is 0 Å². The number of nitrogens with zero attached hydrogens (tertiary/aromatic N) is 7. The van der Waals surface area contributed by atoms with Gasteiger partial charge in [0.2, 0.25) is 45.3 Å². The molecule has 0 radical (unpaired) electrons. The average Bonchev–Trinajstić information content (AvgIpc) is 1.62. The van der Waals surface area contributed by atoms with Gasteiger partial charge in [0.1, 0.15) is 30.5 Å². The highest BCUT2D eigenvalue weighted by Gasteiger charge is 2.52. The summed E-state index contributed by atoms with van der Waals surface area (Å²) in [7, 11) is 1.07. The van der Waals surface area contributed by atoms with E-state index in [1.165, 1.54) is 14.2 Å². The van der Waals surface area contributed by atoms with Crippen molar-refractivity contribution in [3.05, 3.63) is 60.2 Å². The van der Waals surface area contributed by atoms with Gasteiger partial charge in [-0.05, 0) is 92.5 Å². The molecule has 26 nitrogen and oxygen atoms in total. The van der Waals surface area contributed by atoms with Crippen LogP contribution in [0, 0.1) is 23.7 Å². The Morgan fingerprint density at radius 2 is 1.54 bits per heavy atom. The first-order chi connectivity index (χ1) is 43.1. The zero-order valence-electron chi connectivity index (χ0n) is 53.5. The standard InChI is InChI=1S/C63H94N10O16S/c1-10-41(4)55(51(83-7)38-53(75)72-28-15-19-50(72)57(84-8)42(5)58(76)66-49(62(79)80)36-43-16-12-11-13-17-43)71(6)61(78)54(40(2)3)67-59(77)56-45-21-24-47(37-45)73(56)52(74)20-14-18-46(68-64)39-65-27-29-85-30-31-86-32-33-87-34-35-88-48-25-22-44(23-26-48)60-69-70-63(89-60)90(9,81)82/h11-13,16-17,22-23,25-26,39-42,45,47,49-51,54-57H,10,14-15,18-21,24,27-38,64H2,1-9H3,(H,66,76)(H,67,77)(H,79,80)/t41-,42+,45-,47+,49-,50-,51+,54-,55-,56-,57+/m0/s1. The number of piperidine rings is 1. The van der Waals surface area contributed by atoms with Gasteiger partial charge in [-0.25, -0.2) is 13.2 Å². The number of amides is 5. The fraction of sp³-hybridized carbons (Fsp3) is 0.651. The number of carboxylic acids is 1. The summed E-state index contributed by atoms with van der Waals surface area (Å²) in [6.07, 6.45) is 6.20. The quantitative estimate of drug-likeness (QED) is 0.0266. The Bertz CT molecular complexity index is 2970. The molecule has 6 rings (SSSR count). The van der Waals surface area contributed by atoms with Crippen molar-refractivity contribution in [2.45, 2.75) is 159 Å². The molecule has 5 amide bonds. The lowest BCUT2D eigenvalue weighted by atomic mass is 9.89. The number of aliphatic carboxylic acids is 1. The van der Waals surface area contributed by atoms with Crippen LogP contribution in [0.25, 0.3) is 11.5 Å². The van der Waals surface area contributed by atoms with Gasteiger partial charge in [-0.3, -0.25) is 29.0 Å². The smallest absolute Gasteiger partial charge is 0.335 e. The van der Waals surface area contributed by atoms with E-state index in [9.17, 15) is 42.3 Å². The molecule has 1 aliphatic carbocycles. The summed E-state index contributed by atoms with van der Waals surface area (Å²) in [6, 6.07) is 11.8. The first-order valence-corrected chi connectivity index (χ1v) is 33.1. The van der Waals surface area contributed by atoms with Crippen LogP contribution in [0.1, 0.15) is 104 Å². The fourth-order valence-corrected chi connectivity index (χ4v) is 12.7. The lowest BCUT2D eigenvalue weighted by molar-refractivity contribution is -0.149. The first-order valence-electron chi connectivity index (χ1n) is 31.2. The first kappa shape index (κ1) is 72.2. The molecule has 3 aromatic rings. The molecule has 1 aromatic heterocycles. The summed E-state index contributed by atoms with van der Waals surface area (Å²) in [6.45, 7) is 12.6. The summed E-state index contributed by atoms with van der Waals surface area (Å²) < 4.78 is 62.9. The molecule has 3 fully saturated rings. The molecule has 2 bridgehead atoms. The zero-order valence-corrected chi connectivity index (χ0v) is 54.3. The SMILES string of the molecule is CC[C@H](C)[C@@H]([C@@H](CC(=O)N1CCC[C@H]1[C@H](OC)[C@@H](C)C(=O)N[C@@H](Cc1ccccc1)C(=O)O)OC)N(C)C(=O)[C@@H](NC(=O)[C@@H]1[C@H]2CC[C@H](C2)N1C(=O)CCCC(C=NCCOCCOCCOCCOc1ccc(-c2nnc(S(C)(=O)=O)o2)cc1)=NN)C(C)C. The molecule has 498 valence electrons. The predicted octanol–water partition coefficient (Wildman–Crippen LogP) is 4.38. The normalized spacial score (nSPS) is 20.0. The van der Waals surface area contributed by atoms with Crippen molar-refractivity contribution in [1.82, 2.24) is 35.5 Å². The van der Waals surface area contributed by atoms with Gasteiger partial charge >= 0.3 is 11.2 Å².